The van der Waals surface area contributed by atoms with E-state index in [0.29, 0.717) is 5.56 Å². The second-order valence-corrected chi connectivity index (χ2v) is 11.8. The van der Waals surface area contributed by atoms with Crippen molar-refractivity contribution >= 4 is 33.4 Å². The molecule has 46 heavy (non-hydrogen) atoms. The first-order chi connectivity index (χ1) is 22.0. The molecule has 6 rings (SSSR count). The molecule has 2 atom stereocenters. The molecule has 0 saturated carbocycles. The number of ether oxygens (including phenoxy) is 1. The van der Waals surface area contributed by atoms with Gasteiger partial charge in [0, 0.05) is 43.9 Å². The molecule has 9 nitrogen and oxygen atoms in total. The van der Waals surface area contributed by atoms with E-state index in [1.165, 1.54) is 16.0 Å². The third-order valence-electron chi connectivity index (χ3n) is 8.66. The summed E-state index contributed by atoms with van der Waals surface area (Å²) in [6.07, 6.45) is 0.968. The van der Waals surface area contributed by atoms with E-state index in [0.717, 1.165) is 16.3 Å². The van der Waals surface area contributed by atoms with Gasteiger partial charge < -0.3 is 14.5 Å². The first kappa shape index (κ1) is 31.2. The molecule has 0 aliphatic carbocycles. The Morgan fingerprint density at radius 2 is 1.93 bits per heavy atom. The van der Waals surface area contributed by atoms with Crippen molar-refractivity contribution in [2.45, 2.75) is 37.8 Å². The van der Waals surface area contributed by atoms with E-state index in [1.54, 1.807) is 18.0 Å². The van der Waals surface area contributed by atoms with Crippen molar-refractivity contribution in [3.05, 3.63) is 66.4 Å². The average Bonchev–Trinajstić information content (AvgIpc) is 3.30. The summed E-state index contributed by atoms with van der Waals surface area (Å²) in [6, 6.07) is 11.8. The monoisotopic (exact) mass is 633 g/mol. The quantitative estimate of drug-likeness (QED) is 0.197. The van der Waals surface area contributed by atoms with E-state index in [9.17, 15) is 23.2 Å². The summed E-state index contributed by atoms with van der Waals surface area (Å²) in [5.41, 5.74) is 1.48. The predicted octanol–water partition coefficient (Wildman–Crippen LogP) is 5.42. The Labute approximate surface area is 262 Å². The Morgan fingerprint density at radius 3 is 2.63 bits per heavy atom. The van der Waals surface area contributed by atoms with Crippen LogP contribution in [0.1, 0.15) is 18.4 Å². The normalized spacial score (nSPS) is 19.8. The van der Waals surface area contributed by atoms with Gasteiger partial charge in [0.25, 0.3) is 11.8 Å². The molecule has 2 aromatic heterocycles. The van der Waals surface area contributed by atoms with Gasteiger partial charge in [-0.1, -0.05) is 43.0 Å². The number of carbonyl (C=O) groups excluding carboxylic acids is 1. The predicted molar refractivity (Wildman–Crippen MR) is 165 cm³/mol. The summed E-state index contributed by atoms with van der Waals surface area (Å²) >= 11 is 0. The molecule has 0 unspecified atom stereocenters. The van der Waals surface area contributed by atoms with E-state index < -0.39 is 48.5 Å². The Kier molecular flexibility index (Phi) is 8.24. The molecule has 2 fully saturated rings. The minimum atomic E-state index is -2.86. The molecular formula is C33H31F4N7O2. The number of pyridine rings is 1. The summed E-state index contributed by atoms with van der Waals surface area (Å²) in [4.78, 5) is 30.4. The van der Waals surface area contributed by atoms with Crippen LogP contribution in [-0.2, 0) is 4.79 Å². The molecule has 13 heteroatoms. The second-order valence-electron chi connectivity index (χ2n) is 11.8. The molecule has 4 aromatic rings. The lowest BCUT2D eigenvalue weighted by Crippen LogP contribution is -2.55. The standard InChI is InChI=1S/C33H31F4N7O2/c1-19-6-4-7-21-8-5-9-24(26(19)21)28-27(35)29-25(15-39-28)30(41-32(40-29)46-17-23-14-33(36,37)18-42(23)3)43-12-13-44(31(45)20(2)34)22(16-43)10-11-38/h4-9,15,22-23H,2,10,12-14,16-18H2,1,3H3/t22-,23-/m0/s1. The number of nitrogens with zero attached hydrogens (tertiary/aromatic N) is 7. The van der Waals surface area contributed by atoms with E-state index in [2.05, 4.69) is 21.5 Å². The SMILES string of the molecule is C=C(F)C(=O)N1CCN(c2nc(OC[C@@H]3CC(F)(F)CN3C)nc3c(F)c(-c4cccc5cccc(C)c45)ncc23)C[C@@H]1CC#N. The molecule has 0 N–H and O–H groups in total. The van der Waals surface area contributed by atoms with Crippen molar-refractivity contribution in [1.82, 2.24) is 24.8 Å². The first-order valence-electron chi connectivity index (χ1n) is 14.8. The van der Waals surface area contributed by atoms with Crippen LogP contribution in [0.15, 0.2) is 55.0 Å². The van der Waals surface area contributed by atoms with Gasteiger partial charge in [-0.25, -0.2) is 17.6 Å². The highest BCUT2D eigenvalue weighted by Crippen LogP contribution is 2.37. The molecule has 238 valence electrons. The third-order valence-corrected chi connectivity index (χ3v) is 8.66. The van der Waals surface area contributed by atoms with Crippen molar-refractivity contribution in [2.24, 2.45) is 0 Å². The highest BCUT2D eigenvalue weighted by Gasteiger charge is 2.43. The number of hydrogen-bond acceptors (Lipinski definition) is 8. The zero-order valence-electron chi connectivity index (χ0n) is 25.3. The lowest BCUT2D eigenvalue weighted by molar-refractivity contribution is -0.131. The van der Waals surface area contributed by atoms with Gasteiger partial charge in [-0.2, -0.15) is 15.2 Å². The fraction of sp³-hybridized carbons (Fsp3) is 0.364. The first-order valence-corrected chi connectivity index (χ1v) is 14.8. The number of hydrogen-bond donors (Lipinski definition) is 0. The number of aromatic nitrogens is 3. The number of fused-ring (bicyclic) bond motifs is 2. The molecule has 0 spiro atoms. The molecule has 2 aromatic carbocycles. The number of benzene rings is 2. The van der Waals surface area contributed by atoms with Gasteiger partial charge in [0.05, 0.1) is 30.5 Å². The van der Waals surface area contributed by atoms with Crippen molar-refractivity contribution < 1.29 is 27.1 Å². The highest BCUT2D eigenvalue weighted by atomic mass is 19.3. The molecule has 1 amide bonds. The van der Waals surface area contributed by atoms with Crippen molar-refractivity contribution in [3.63, 3.8) is 0 Å². The molecule has 2 saturated heterocycles. The second kappa shape index (κ2) is 12.2. The Balaban J connectivity index is 1.44. The Morgan fingerprint density at radius 1 is 1.17 bits per heavy atom. The average molecular weight is 634 g/mol. The van der Waals surface area contributed by atoms with E-state index in [1.807, 2.05) is 43.3 Å². The third kappa shape index (κ3) is 5.80. The maximum atomic E-state index is 16.6. The van der Waals surface area contributed by atoms with Gasteiger partial charge in [0.1, 0.15) is 23.6 Å². The van der Waals surface area contributed by atoms with Gasteiger partial charge in [-0.05, 0) is 30.3 Å². The topological polar surface area (TPSA) is 98.5 Å². The van der Waals surface area contributed by atoms with E-state index in [4.69, 9.17) is 4.74 Å². The number of piperazine rings is 1. The van der Waals surface area contributed by atoms with Crippen LogP contribution in [0.5, 0.6) is 6.01 Å². The largest absolute Gasteiger partial charge is 0.462 e. The van der Waals surface area contributed by atoms with Gasteiger partial charge in [0.15, 0.2) is 11.6 Å². The number of alkyl halides is 2. The van der Waals surface area contributed by atoms with E-state index >= 15 is 4.39 Å². The molecule has 4 heterocycles. The van der Waals surface area contributed by atoms with Crippen molar-refractivity contribution in [2.75, 3.05) is 44.7 Å². The Bertz CT molecular complexity index is 1890. The van der Waals surface area contributed by atoms with Gasteiger partial charge in [-0.3, -0.25) is 14.7 Å². The van der Waals surface area contributed by atoms with Crippen LogP contribution < -0.4 is 9.64 Å². The van der Waals surface area contributed by atoms with Crippen molar-refractivity contribution in [1.29, 1.82) is 5.26 Å². The van der Waals surface area contributed by atoms with Crippen LogP contribution in [-0.4, -0.2) is 88.5 Å². The summed E-state index contributed by atoms with van der Waals surface area (Å²) in [7, 11) is 1.58. The number of likely N-dealkylation sites (tertiary alicyclic amines) is 1. The molecule has 2 aliphatic rings. The lowest BCUT2D eigenvalue weighted by atomic mass is 9.97. The van der Waals surface area contributed by atoms with Crippen molar-refractivity contribution in [3.8, 4) is 23.3 Å². The molecule has 0 radical (unpaired) electrons. The number of rotatable bonds is 7. The van der Waals surface area contributed by atoms with Gasteiger partial charge >= 0.3 is 6.01 Å². The summed E-state index contributed by atoms with van der Waals surface area (Å²) < 4.78 is 64.4. The summed E-state index contributed by atoms with van der Waals surface area (Å²) in [5.74, 6) is -5.39. The lowest BCUT2D eigenvalue weighted by Gasteiger charge is -2.41. The number of nitriles is 1. The van der Waals surface area contributed by atoms with Gasteiger partial charge in [-0.15, -0.1) is 0 Å². The fourth-order valence-electron chi connectivity index (χ4n) is 6.41. The molecular weight excluding hydrogens is 602 g/mol. The fourth-order valence-corrected chi connectivity index (χ4v) is 6.41. The zero-order valence-corrected chi connectivity index (χ0v) is 25.3. The zero-order chi connectivity index (χ0) is 32.7. The number of anilines is 1. The minimum Gasteiger partial charge on any atom is -0.462 e. The smallest absolute Gasteiger partial charge is 0.319 e. The number of carbonyl (C=O) groups is 1. The number of halogens is 4. The number of amides is 1. The number of likely N-dealkylation sites (N-methyl/N-ethyl adjacent to an activating group) is 1. The van der Waals surface area contributed by atoms with E-state index in [-0.39, 0.29) is 61.1 Å². The number of aryl methyl sites for hydroxylation is 1. The van der Waals surface area contributed by atoms with Crippen LogP contribution in [0.3, 0.4) is 0 Å². The van der Waals surface area contributed by atoms with Crippen LogP contribution in [0.4, 0.5) is 23.4 Å². The van der Waals surface area contributed by atoms with Crippen LogP contribution in [0.25, 0.3) is 32.9 Å². The molecule has 2 aliphatic heterocycles. The van der Waals surface area contributed by atoms with Crippen LogP contribution >= 0.6 is 0 Å². The maximum Gasteiger partial charge on any atom is 0.319 e. The van der Waals surface area contributed by atoms with Gasteiger partial charge in [0.2, 0.25) is 0 Å². The highest BCUT2D eigenvalue weighted by molar-refractivity contribution is 6.00. The minimum absolute atomic E-state index is 0.0427. The summed E-state index contributed by atoms with van der Waals surface area (Å²) in [5, 5.41) is 11.4. The van der Waals surface area contributed by atoms with Crippen LogP contribution in [0, 0.1) is 24.1 Å². The molecule has 0 bridgehead atoms. The Hall–Kier alpha value is -4.83. The maximum absolute atomic E-state index is 16.6. The summed E-state index contributed by atoms with van der Waals surface area (Å²) in [6.45, 7) is 4.74. The van der Waals surface area contributed by atoms with Crippen LogP contribution in [0.2, 0.25) is 0 Å².